The molecule has 0 aliphatic rings. The van der Waals surface area contributed by atoms with Gasteiger partial charge in [0.25, 0.3) is 5.69 Å². The maximum Gasteiger partial charge on any atom is 0.269 e. The molecule has 0 unspecified atom stereocenters. The summed E-state index contributed by atoms with van der Waals surface area (Å²) in [6.45, 7) is 0.220. The van der Waals surface area contributed by atoms with Crippen LogP contribution in [0.25, 0.3) is 11.6 Å². The van der Waals surface area contributed by atoms with Crippen LogP contribution >= 0.6 is 39.1 Å². The van der Waals surface area contributed by atoms with E-state index in [2.05, 4.69) is 22.0 Å². The van der Waals surface area contributed by atoms with Crippen LogP contribution < -0.4 is 4.74 Å². The summed E-state index contributed by atoms with van der Waals surface area (Å²) in [5, 5.41) is 21.5. The molecule has 0 N–H and O–H groups in total. The average Bonchev–Trinajstić information content (AvgIpc) is 2.72. The Balaban J connectivity index is 1.91. The molecule has 0 aliphatic carbocycles. The second-order valence-electron chi connectivity index (χ2n) is 6.18. The van der Waals surface area contributed by atoms with Crippen molar-refractivity contribution in [3.05, 3.63) is 102 Å². The largest absolute Gasteiger partial charge is 0.488 e. The fourth-order valence-corrected chi connectivity index (χ4v) is 3.50. The fourth-order valence-electron chi connectivity index (χ4n) is 2.66. The smallest absolute Gasteiger partial charge is 0.269 e. The first kappa shape index (κ1) is 21.8. The number of ether oxygens (including phenoxy) is 1. The highest BCUT2D eigenvalue weighted by Gasteiger charge is 2.10. The highest BCUT2D eigenvalue weighted by Crippen LogP contribution is 2.30. The second kappa shape index (κ2) is 9.77. The van der Waals surface area contributed by atoms with Gasteiger partial charge in [-0.2, -0.15) is 5.26 Å². The highest BCUT2D eigenvalue weighted by molar-refractivity contribution is 9.10. The summed E-state index contributed by atoms with van der Waals surface area (Å²) >= 11 is 15.6. The number of allylic oxidation sites excluding steroid dienone is 1. The number of halogens is 3. The van der Waals surface area contributed by atoms with Crippen LogP contribution in [0.2, 0.25) is 10.0 Å². The Bertz CT molecular complexity index is 1170. The zero-order valence-electron chi connectivity index (χ0n) is 15.3. The second-order valence-corrected chi connectivity index (χ2v) is 7.94. The molecule has 5 nitrogen and oxygen atoms in total. The van der Waals surface area contributed by atoms with Crippen molar-refractivity contribution in [2.45, 2.75) is 6.61 Å². The van der Waals surface area contributed by atoms with Crippen LogP contribution in [0.5, 0.6) is 5.75 Å². The molecule has 0 spiro atoms. The van der Waals surface area contributed by atoms with E-state index in [1.165, 1.54) is 12.1 Å². The molecule has 0 saturated heterocycles. The molecule has 0 aliphatic heterocycles. The van der Waals surface area contributed by atoms with Crippen LogP contribution in [-0.4, -0.2) is 4.92 Å². The molecule has 0 heterocycles. The van der Waals surface area contributed by atoms with Gasteiger partial charge in [-0.25, -0.2) is 0 Å². The Morgan fingerprint density at radius 2 is 1.87 bits per heavy atom. The van der Waals surface area contributed by atoms with Crippen LogP contribution in [0, 0.1) is 21.4 Å². The van der Waals surface area contributed by atoms with E-state index in [0.717, 1.165) is 10.0 Å². The first-order valence-electron chi connectivity index (χ1n) is 8.60. The predicted molar refractivity (Wildman–Crippen MR) is 122 cm³/mol. The van der Waals surface area contributed by atoms with Gasteiger partial charge >= 0.3 is 0 Å². The number of hydrogen-bond donors (Lipinski definition) is 0. The number of benzene rings is 3. The summed E-state index contributed by atoms with van der Waals surface area (Å²) in [7, 11) is 0. The maximum absolute atomic E-state index is 10.8. The number of nitrogens with zero attached hydrogens (tertiary/aromatic N) is 2. The zero-order valence-corrected chi connectivity index (χ0v) is 18.4. The molecule has 0 bridgehead atoms. The summed E-state index contributed by atoms with van der Waals surface area (Å²) in [6, 6.07) is 18.5. The van der Waals surface area contributed by atoms with Crippen LogP contribution in [0.1, 0.15) is 16.7 Å². The molecule has 3 aromatic carbocycles. The summed E-state index contributed by atoms with van der Waals surface area (Å²) in [6.07, 6.45) is 1.67. The molecular weight excluding hydrogens is 491 g/mol. The summed E-state index contributed by atoms with van der Waals surface area (Å²) in [5.74, 6) is 0.555. The summed E-state index contributed by atoms with van der Waals surface area (Å²) in [5.41, 5.74) is 2.31. The van der Waals surface area contributed by atoms with Gasteiger partial charge in [0.05, 0.1) is 16.6 Å². The Kier molecular flexibility index (Phi) is 7.11. The lowest BCUT2D eigenvalue weighted by atomic mass is 10.0. The molecule has 0 fully saturated rings. The highest BCUT2D eigenvalue weighted by atomic mass is 79.9. The predicted octanol–water partition coefficient (Wildman–Crippen LogP) is 7.31. The number of non-ortho nitro benzene ring substituents is 1. The molecule has 8 heteroatoms. The maximum atomic E-state index is 10.8. The third kappa shape index (κ3) is 5.39. The van der Waals surface area contributed by atoms with Crippen molar-refractivity contribution in [2.24, 2.45) is 0 Å². The standard InChI is InChI=1S/C22H13BrCl2N2O3/c23-18-4-8-22(30-13-15-1-5-19(24)11-21(15)25)16(10-18)9-17(12-26)14-2-6-20(7-3-14)27(28)29/h1-11H,13H2/b17-9-. The van der Waals surface area contributed by atoms with E-state index in [9.17, 15) is 15.4 Å². The molecular formula is C22H13BrCl2N2O3. The molecule has 0 saturated carbocycles. The van der Waals surface area contributed by atoms with E-state index >= 15 is 0 Å². The quantitative estimate of drug-likeness (QED) is 0.153. The lowest BCUT2D eigenvalue weighted by molar-refractivity contribution is -0.384. The van der Waals surface area contributed by atoms with Gasteiger partial charge < -0.3 is 4.74 Å². The van der Waals surface area contributed by atoms with Crippen molar-refractivity contribution in [3.63, 3.8) is 0 Å². The van der Waals surface area contributed by atoms with Gasteiger partial charge in [0.15, 0.2) is 0 Å². The van der Waals surface area contributed by atoms with Gasteiger partial charge in [-0.1, -0.05) is 45.2 Å². The minimum Gasteiger partial charge on any atom is -0.488 e. The third-order valence-electron chi connectivity index (χ3n) is 4.18. The van der Waals surface area contributed by atoms with Crippen molar-refractivity contribution in [2.75, 3.05) is 0 Å². The van der Waals surface area contributed by atoms with Gasteiger partial charge in [-0.15, -0.1) is 0 Å². The minimum absolute atomic E-state index is 0.0395. The molecule has 3 aromatic rings. The monoisotopic (exact) mass is 502 g/mol. The lowest BCUT2D eigenvalue weighted by Gasteiger charge is -2.12. The van der Waals surface area contributed by atoms with Gasteiger partial charge in [0.2, 0.25) is 0 Å². The van der Waals surface area contributed by atoms with E-state index in [-0.39, 0.29) is 12.3 Å². The zero-order chi connectivity index (χ0) is 21.7. The van der Waals surface area contributed by atoms with Crippen LogP contribution in [-0.2, 0) is 6.61 Å². The van der Waals surface area contributed by atoms with E-state index in [1.807, 2.05) is 12.1 Å². The van der Waals surface area contributed by atoms with E-state index in [4.69, 9.17) is 27.9 Å². The van der Waals surface area contributed by atoms with E-state index in [0.29, 0.717) is 32.5 Å². The molecule has 30 heavy (non-hydrogen) atoms. The minimum atomic E-state index is -0.484. The van der Waals surface area contributed by atoms with Gasteiger partial charge in [-0.05, 0) is 54.1 Å². The normalized spacial score (nSPS) is 11.1. The number of nitro groups is 1. The number of nitriles is 1. The van der Waals surface area contributed by atoms with Crippen LogP contribution in [0.15, 0.2) is 65.1 Å². The van der Waals surface area contributed by atoms with Gasteiger partial charge in [0.1, 0.15) is 12.4 Å². The lowest BCUT2D eigenvalue weighted by Crippen LogP contribution is -1.98. The van der Waals surface area contributed by atoms with Crippen molar-refractivity contribution in [3.8, 4) is 11.8 Å². The Morgan fingerprint density at radius 3 is 2.50 bits per heavy atom. The Hall–Kier alpha value is -2.85. The van der Waals surface area contributed by atoms with Gasteiger partial charge in [-0.3, -0.25) is 10.1 Å². The van der Waals surface area contributed by atoms with Crippen molar-refractivity contribution in [1.29, 1.82) is 5.26 Å². The van der Waals surface area contributed by atoms with Crippen LogP contribution in [0.4, 0.5) is 5.69 Å². The molecule has 0 amide bonds. The first-order valence-corrected chi connectivity index (χ1v) is 10.1. The molecule has 150 valence electrons. The SMILES string of the molecule is N#C/C(=C/c1cc(Br)ccc1OCc1ccc(Cl)cc1Cl)c1ccc([N+](=O)[O-])cc1. The van der Waals surface area contributed by atoms with E-state index in [1.54, 1.807) is 42.5 Å². The summed E-state index contributed by atoms with van der Waals surface area (Å²) < 4.78 is 6.75. The van der Waals surface area contributed by atoms with E-state index < -0.39 is 4.92 Å². The number of rotatable bonds is 6. The number of nitro benzene ring substituents is 1. The van der Waals surface area contributed by atoms with Crippen molar-refractivity contribution in [1.82, 2.24) is 0 Å². The molecule has 0 aromatic heterocycles. The van der Waals surface area contributed by atoms with Crippen molar-refractivity contribution < 1.29 is 9.66 Å². The van der Waals surface area contributed by atoms with Crippen molar-refractivity contribution >= 4 is 56.5 Å². The Labute approximate surface area is 191 Å². The van der Waals surface area contributed by atoms with Crippen LogP contribution in [0.3, 0.4) is 0 Å². The average molecular weight is 504 g/mol. The van der Waals surface area contributed by atoms with Gasteiger partial charge in [0, 0.05) is 37.8 Å². The molecule has 0 atom stereocenters. The molecule has 0 radical (unpaired) electrons. The summed E-state index contributed by atoms with van der Waals surface area (Å²) in [4.78, 5) is 10.4. The third-order valence-corrected chi connectivity index (χ3v) is 5.26. The first-order chi connectivity index (χ1) is 14.4. The Morgan fingerprint density at radius 1 is 1.13 bits per heavy atom. The fraction of sp³-hybridized carbons (Fsp3) is 0.0455. The number of hydrogen-bond acceptors (Lipinski definition) is 4. The topological polar surface area (TPSA) is 76.2 Å². The molecule has 3 rings (SSSR count).